The van der Waals surface area contributed by atoms with Crippen LogP contribution in [0, 0.1) is 0 Å². The third-order valence-electron chi connectivity index (χ3n) is 1.54. The molecule has 0 spiro atoms. The number of thioether (sulfide) groups is 1. The molecule has 0 saturated carbocycles. The van der Waals surface area contributed by atoms with Crippen LogP contribution in [0.4, 0.5) is 4.79 Å². The van der Waals surface area contributed by atoms with Gasteiger partial charge in [0, 0.05) is 0 Å². The van der Waals surface area contributed by atoms with Crippen molar-refractivity contribution in [3.05, 3.63) is 0 Å². The van der Waals surface area contributed by atoms with Crippen molar-refractivity contribution in [3.63, 3.8) is 0 Å². The van der Waals surface area contributed by atoms with Crippen LogP contribution in [0.3, 0.4) is 0 Å². The average Bonchev–Trinajstić information content (AvgIpc) is 2.43. The lowest BCUT2D eigenvalue weighted by Gasteiger charge is -2.23. The van der Waals surface area contributed by atoms with Crippen molar-refractivity contribution in [2.45, 2.75) is 26.4 Å². The zero-order valence-electron chi connectivity index (χ0n) is 9.23. The van der Waals surface area contributed by atoms with E-state index < -0.39 is 11.7 Å². The van der Waals surface area contributed by atoms with Crippen LogP contribution < -0.4 is 0 Å². The van der Waals surface area contributed by atoms with E-state index in [1.807, 2.05) is 0 Å². The third-order valence-corrected chi connectivity index (χ3v) is 2.22. The van der Waals surface area contributed by atoms with Crippen molar-refractivity contribution < 1.29 is 14.3 Å². The van der Waals surface area contributed by atoms with Crippen LogP contribution in [0.1, 0.15) is 20.8 Å². The highest BCUT2D eigenvalue weighted by molar-refractivity contribution is 8.13. The number of hydrogen-bond acceptors (Lipinski definition) is 4. The van der Waals surface area contributed by atoms with Crippen LogP contribution in [0.5, 0.6) is 0 Å². The Balaban J connectivity index is 2.70. The first-order chi connectivity index (χ1) is 6.83. The summed E-state index contributed by atoms with van der Waals surface area (Å²) in [5, 5.41) is 0.397. The summed E-state index contributed by atoms with van der Waals surface area (Å²) in [5.74, 6) is -0.315. The van der Waals surface area contributed by atoms with Crippen LogP contribution in [0.2, 0.25) is 0 Å². The number of amides is 2. The van der Waals surface area contributed by atoms with Crippen LogP contribution in [0.25, 0.3) is 0 Å². The third kappa shape index (κ3) is 3.23. The summed E-state index contributed by atoms with van der Waals surface area (Å²) in [7, 11) is 0. The zero-order chi connectivity index (χ0) is 11.6. The van der Waals surface area contributed by atoms with E-state index in [2.05, 4.69) is 4.99 Å². The van der Waals surface area contributed by atoms with Crippen LogP contribution in [0.15, 0.2) is 4.99 Å². The minimum absolute atomic E-state index is 0.0227. The highest BCUT2D eigenvalue weighted by Gasteiger charge is 2.31. The molecule has 0 unspecified atom stereocenters. The summed E-state index contributed by atoms with van der Waals surface area (Å²) in [6.45, 7) is 5.31. The molecule has 0 aromatic carbocycles. The van der Waals surface area contributed by atoms with E-state index in [0.29, 0.717) is 5.17 Å². The molecule has 1 aliphatic rings. The number of carbonyl (C=O) groups is 2. The Bertz CT molecular complexity index is 320. The molecule has 0 aromatic rings. The number of aliphatic imine (C=N–C) groups is 1. The lowest BCUT2D eigenvalue weighted by Crippen LogP contribution is -2.38. The van der Waals surface area contributed by atoms with Gasteiger partial charge < -0.3 is 4.74 Å². The van der Waals surface area contributed by atoms with Gasteiger partial charge in [0.1, 0.15) is 12.1 Å². The van der Waals surface area contributed by atoms with E-state index in [4.69, 9.17) is 4.74 Å². The molecule has 1 heterocycles. The normalized spacial score (nSPS) is 16.7. The molecule has 0 bridgehead atoms. The number of rotatable bonds is 0. The van der Waals surface area contributed by atoms with Crippen molar-refractivity contribution in [1.82, 2.24) is 4.90 Å². The number of hydrogen-bond donors (Lipinski definition) is 0. The van der Waals surface area contributed by atoms with E-state index in [0.717, 1.165) is 0 Å². The Morgan fingerprint density at radius 1 is 1.53 bits per heavy atom. The molecule has 0 fully saturated rings. The summed E-state index contributed by atoms with van der Waals surface area (Å²) in [5.41, 5.74) is -0.563. The first-order valence-electron chi connectivity index (χ1n) is 4.49. The van der Waals surface area contributed by atoms with Crippen LogP contribution in [-0.4, -0.2) is 40.5 Å². The number of nitrogens with zero attached hydrogens (tertiary/aromatic N) is 2. The van der Waals surface area contributed by atoms with Gasteiger partial charge in [-0.2, -0.15) is 4.99 Å². The largest absolute Gasteiger partial charge is 0.443 e. The van der Waals surface area contributed by atoms with Gasteiger partial charge in [-0.1, -0.05) is 11.8 Å². The van der Waals surface area contributed by atoms with Gasteiger partial charge >= 0.3 is 6.09 Å². The molecular weight excluding hydrogens is 216 g/mol. The Morgan fingerprint density at radius 3 is 2.60 bits per heavy atom. The van der Waals surface area contributed by atoms with Crippen LogP contribution in [-0.2, 0) is 9.53 Å². The van der Waals surface area contributed by atoms with Gasteiger partial charge in [-0.3, -0.25) is 4.79 Å². The summed E-state index contributed by atoms with van der Waals surface area (Å²) in [6.07, 6.45) is 1.23. The molecule has 1 aliphatic heterocycles. The highest BCUT2D eigenvalue weighted by atomic mass is 32.2. The van der Waals surface area contributed by atoms with Crippen molar-refractivity contribution in [2.24, 2.45) is 4.99 Å². The molecule has 0 atom stereocenters. The van der Waals surface area contributed by atoms with Gasteiger partial charge in [-0.05, 0) is 27.0 Å². The molecule has 6 heteroatoms. The molecule has 0 aliphatic carbocycles. The average molecular weight is 230 g/mol. The van der Waals surface area contributed by atoms with Gasteiger partial charge in [0.15, 0.2) is 5.17 Å². The van der Waals surface area contributed by atoms with Gasteiger partial charge in [0.05, 0.1) is 0 Å². The first-order valence-corrected chi connectivity index (χ1v) is 5.72. The smallest absolute Gasteiger partial charge is 0.416 e. The van der Waals surface area contributed by atoms with E-state index >= 15 is 0 Å². The van der Waals surface area contributed by atoms with Gasteiger partial charge in [-0.15, -0.1) is 0 Å². The van der Waals surface area contributed by atoms with Crippen molar-refractivity contribution in [2.75, 3.05) is 12.8 Å². The van der Waals surface area contributed by atoms with Crippen LogP contribution >= 0.6 is 11.8 Å². The molecule has 84 valence electrons. The fourth-order valence-electron chi connectivity index (χ4n) is 1.02. The van der Waals surface area contributed by atoms with Crippen molar-refractivity contribution >= 4 is 28.9 Å². The summed E-state index contributed by atoms with van der Waals surface area (Å²) < 4.78 is 5.14. The van der Waals surface area contributed by atoms with Gasteiger partial charge in [-0.25, -0.2) is 9.69 Å². The second-order valence-electron chi connectivity index (χ2n) is 4.06. The predicted octanol–water partition coefficient (Wildman–Crippen LogP) is 1.48. The number of carbonyl (C=O) groups excluding carboxylic acids is 2. The highest BCUT2D eigenvalue weighted by Crippen LogP contribution is 2.17. The Labute approximate surface area is 92.9 Å². The number of ether oxygens (including phenoxy) is 1. The van der Waals surface area contributed by atoms with Gasteiger partial charge in [0.2, 0.25) is 0 Å². The molecule has 1 rings (SSSR count). The molecular formula is C9H14N2O3S. The SMILES string of the molecule is CSC1=NC(=O)CN1C(=O)OC(C)(C)C. The first kappa shape index (κ1) is 12.0. The molecule has 15 heavy (non-hydrogen) atoms. The van der Waals surface area contributed by atoms with Crippen molar-refractivity contribution in [3.8, 4) is 0 Å². The second kappa shape index (κ2) is 4.22. The minimum Gasteiger partial charge on any atom is -0.443 e. The van der Waals surface area contributed by atoms with E-state index in [1.54, 1.807) is 27.0 Å². The Kier molecular flexibility index (Phi) is 3.38. The van der Waals surface area contributed by atoms with E-state index in [-0.39, 0.29) is 12.5 Å². The fraction of sp³-hybridized carbons (Fsp3) is 0.667. The van der Waals surface area contributed by atoms with E-state index in [1.165, 1.54) is 16.7 Å². The maximum Gasteiger partial charge on any atom is 0.416 e. The Morgan fingerprint density at radius 2 is 2.13 bits per heavy atom. The predicted molar refractivity (Wildman–Crippen MR) is 58.9 cm³/mol. The summed E-state index contributed by atoms with van der Waals surface area (Å²) >= 11 is 1.25. The maximum atomic E-state index is 11.6. The monoisotopic (exact) mass is 230 g/mol. The fourth-order valence-corrected chi connectivity index (χ4v) is 1.57. The minimum atomic E-state index is -0.563. The summed E-state index contributed by atoms with van der Waals surface area (Å²) in [6, 6.07) is 0. The topological polar surface area (TPSA) is 59.0 Å². The van der Waals surface area contributed by atoms with Gasteiger partial charge in [0.25, 0.3) is 5.91 Å². The zero-order valence-corrected chi connectivity index (χ0v) is 10.1. The molecule has 0 saturated heterocycles. The summed E-state index contributed by atoms with van der Waals surface area (Å²) in [4.78, 5) is 27.6. The lowest BCUT2D eigenvalue weighted by molar-refractivity contribution is -0.117. The molecule has 5 nitrogen and oxygen atoms in total. The molecule has 0 radical (unpaired) electrons. The Hall–Kier alpha value is -1.04. The van der Waals surface area contributed by atoms with E-state index in [9.17, 15) is 9.59 Å². The van der Waals surface area contributed by atoms with Crippen molar-refractivity contribution in [1.29, 1.82) is 0 Å². The lowest BCUT2D eigenvalue weighted by atomic mass is 10.2. The molecule has 2 amide bonds. The maximum absolute atomic E-state index is 11.6. The number of amidine groups is 1. The molecule has 0 N–H and O–H groups in total. The molecule has 0 aromatic heterocycles. The quantitative estimate of drug-likeness (QED) is 0.632. The standard InChI is InChI=1S/C9H14N2O3S/c1-9(2,3)14-8(13)11-5-6(12)10-7(11)15-4/h5H2,1-4H3. The second-order valence-corrected chi connectivity index (χ2v) is 4.83.